The van der Waals surface area contributed by atoms with E-state index < -0.39 is 0 Å². The summed E-state index contributed by atoms with van der Waals surface area (Å²) in [5, 5.41) is 11.2. The van der Waals surface area contributed by atoms with Gasteiger partial charge < -0.3 is 15.5 Å². The van der Waals surface area contributed by atoms with Gasteiger partial charge in [0.15, 0.2) is 0 Å². The van der Waals surface area contributed by atoms with Crippen molar-refractivity contribution in [2.24, 2.45) is 11.3 Å². The van der Waals surface area contributed by atoms with E-state index in [4.69, 9.17) is 0 Å². The molecule has 3 heterocycles. The summed E-state index contributed by atoms with van der Waals surface area (Å²) in [5.41, 5.74) is 1.71. The molecule has 4 rings (SSSR count). The number of nitrogens with zero attached hydrogens (tertiary/aromatic N) is 1. The van der Waals surface area contributed by atoms with Gasteiger partial charge in [0, 0.05) is 19.1 Å². The first kappa shape index (κ1) is 15.6. The molecule has 0 aromatic carbocycles. The van der Waals surface area contributed by atoms with Crippen molar-refractivity contribution >= 4 is 17.2 Å². The summed E-state index contributed by atoms with van der Waals surface area (Å²) in [6, 6.07) is 2.64. The number of carbonyl (C=O) groups is 1. The number of piperidine rings is 2. The summed E-state index contributed by atoms with van der Waals surface area (Å²) in [4.78, 5) is 15.4. The molecule has 2 atom stereocenters. The van der Waals surface area contributed by atoms with Crippen LogP contribution in [0.5, 0.6) is 0 Å². The molecule has 3 fully saturated rings. The molecule has 1 saturated carbocycles. The van der Waals surface area contributed by atoms with E-state index in [0.717, 1.165) is 45.6 Å². The molecule has 5 heteroatoms. The number of thiophene rings is 1. The van der Waals surface area contributed by atoms with E-state index in [1.807, 2.05) is 0 Å². The van der Waals surface area contributed by atoms with Crippen LogP contribution < -0.4 is 10.6 Å². The van der Waals surface area contributed by atoms with Crippen molar-refractivity contribution in [1.82, 2.24) is 15.5 Å². The van der Waals surface area contributed by atoms with Crippen LogP contribution in [0, 0.1) is 11.3 Å². The lowest BCUT2D eigenvalue weighted by atomic mass is 9.92. The number of rotatable bonds is 4. The minimum absolute atomic E-state index is 0.182. The quantitative estimate of drug-likeness (QED) is 0.888. The fourth-order valence-electron chi connectivity index (χ4n) is 4.45. The van der Waals surface area contributed by atoms with Gasteiger partial charge in [-0.05, 0) is 79.5 Å². The zero-order chi connectivity index (χ0) is 15.7. The molecular weight excluding hydrogens is 306 g/mol. The fraction of sp³-hybridized carbons (Fsp3) is 0.722. The second kappa shape index (κ2) is 6.54. The molecule has 23 heavy (non-hydrogen) atoms. The Morgan fingerprint density at radius 3 is 2.87 bits per heavy atom. The average Bonchev–Trinajstić information content (AvgIpc) is 3.04. The maximum Gasteiger partial charge on any atom is 0.227 e. The van der Waals surface area contributed by atoms with Gasteiger partial charge in [0.2, 0.25) is 5.91 Å². The minimum atomic E-state index is 0.182. The lowest BCUT2D eigenvalue weighted by Crippen LogP contribution is -2.45. The third kappa shape index (κ3) is 3.19. The van der Waals surface area contributed by atoms with Crippen molar-refractivity contribution in [1.29, 1.82) is 0 Å². The Hall–Kier alpha value is -0.910. The number of hydrogen-bond acceptors (Lipinski definition) is 4. The Morgan fingerprint density at radius 2 is 2.17 bits per heavy atom. The SMILES string of the molecule is O=C(C1CCCNC1)N(Cc1ccsc1)C1CC12CCNCC2. The summed E-state index contributed by atoms with van der Waals surface area (Å²) in [5.74, 6) is 0.575. The summed E-state index contributed by atoms with van der Waals surface area (Å²) in [6.07, 6.45) is 5.85. The Kier molecular flexibility index (Phi) is 4.43. The van der Waals surface area contributed by atoms with Gasteiger partial charge >= 0.3 is 0 Å². The zero-order valence-electron chi connectivity index (χ0n) is 13.7. The molecule has 2 aliphatic heterocycles. The molecule has 2 N–H and O–H groups in total. The van der Waals surface area contributed by atoms with Crippen LogP contribution in [0.2, 0.25) is 0 Å². The predicted molar refractivity (Wildman–Crippen MR) is 93.4 cm³/mol. The minimum Gasteiger partial charge on any atom is -0.334 e. The Bertz CT molecular complexity index is 532. The van der Waals surface area contributed by atoms with Crippen molar-refractivity contribution < 1.29 is 4.79 Å². The van der Waals surface area contributed by atoms with Crippen LogP contribution >= 0.6 is 11.3 Å². The molecule has 1 spiro atoms. The summed E-state index contributed by atoms with van der Waals surface area (Å²) in [7, 11) is 0. The highest BCUT2D eigenvalue weighted by Crippen LogP contribution is 2.56. The van der Waals surface area contributed by atoms with E-state index in [1.54, 1.807) is 11.3 Å². The van der Waals surface area contributed by atoms with E-state index in [2.05, 4.69) is 32.4 Å². The van der Waals surface area contributed by atoms with Gasteiger partial charge in [-0.25, -0.2) is 0 Å². The van der Waals surface area contributed by atoms with Crippen LogP contribution in [0.3, 0.4) is 0 Å². The standard InChI is InChI=1S/C18H27N3OS/c22-17(15-2-1-6-20-11-15)21(12-14-3-9-23-13-14)16-10-18(16)4-7-19-8-5-18/h3,9,13,15-16,19-20H,1-2,4-8,10-12H2. The highest BCUT2D eigenvalue weighted by molar-refractivity contribution is 7.07. The lowest BCUT2D eigenvalue weighted by Gasteiger charge is -2.33. The van der Waals surface area contributed by atoms with E-state index in [0.29, 0.717) is 17.4 Å². The van der Waals surface area contributed by atoms with Gasteiger partial charge in [-0.1, -0.05) is 0 Å². The molecular formula is C18H27N3OS. The van der Waals surface area contributed by atoms with Crippen LogP contribution in [-0.4, -0.2) is 43.0 Å². The van der Waals surface area contributed by atoms with Crippen LogP contribution in [0.15, 0.2) is 16.8 Å². The smallest absolute Gasteiger partial charge is 0.227 e. The average molecular weight is 334 g/mol. The third-order valence-electron chi connectivity index (χ3n) is 5.98. The highest BCUT2D eigenvalue weighted by atomic mass is 32.1. The molecule has 3 aliphatic rings. The van der Waals surface area contributed by atoms with Crippen molar-refractivity contribution in [2.45, 2.75) is 44.7 Å². The van der Waals surface area contributed by atoms with Crippen LogP contribution in [0.4, 0.5) is 0 Å². The summed E-state index contributed by atoms with van der Waals surface area (Å²) < 4.78 is 0. The molecule has 1 amide bonds. The Morgan fingerprint density at radius 1 is 1.30 bits per heavy atom. The van der Waals surface area contributed by atoms with Gasteiger partial charge in [0.25, 0.3) is 0 Å². The highest BCUT2D eigenvalue weighted by Gasteiger charge is 2.58. The summed E-state index contributed by atoms with van der Waals surface area (Å²) in [6.45, 7) is 4.95. The molecule has 0 radical (unpaired) electrons. The number of carbonyl (C=O) groups excluding carboxylic acids is 1. The molecule has 1 aromatic rings. The van der Waals surface area contributed by atoms with Crippen molar-refractivity contribution in [3.63, 3.8) is 0 Å². The number of amides is 1. The molecule has 126 valence electrons. The molecule has 1 aromatic heterocycles. The molecule has 1 aliphatic carbocycles. The van der Waals surface area contributed by atoms with Crippen LogP contribution in [0.1, 0.15) is 37.7 Å². The van der Waals surface area contributed by atoms with Crippen LogP contribution in [0.25, 0.3) is 0 Å². The molecule has 0 bridgehead atoms. The van der Waals surface area contributed by atoms with Gasteiger partial charge in [0.1, 0.15) is 0 Å². The maximum atomic E-state index is 13.2. The van der Waals surface area contributed by atoms with Gasteiger partial charge in [-0.3, -0.25) is 4.79 Å². The first-order chi connectivity index (χ1) is 11.3. The van der Waals surface area contributed by atoms with Crippen LogP contribution in [-0.2, 0) is 11.3 Å². The largest absolute Gasteiger partial charge is 0.334 e. The van der Waals surface area contributed by atoms with Crippen molar-refractivity contribution in [3.8, 4) is 0 Å². The summed E-state index contributed by atoms with van der Waals surface area (Å²) >= 11 is 1.73. The third-order valence-corrected chi connectivity index (χ3v) is 6.72. The topological polar surface area (TPSA) is 44.4 Å². The molecule has 4 nitrogen and oxygen atoms in total. The van der Waals surface area contributed by atoms with E-state index in [-0.39, 0.29) is 5.92 Å². The molecule has 2 saturated heterocycles. The Balaban J connectivity index is 1.50. The zero-order valence-corrected chi connectivity index (χ0v) is 14.5. The number of nitrogens with one attached hydrogen (secondary N) is 2. The van der Waals surface area contributed by atoms with E-state index >= 15 is 0 Å². The predicted octanol–water partition coefficient (Wildman–Crippen LogP) is 2.22. The first-order valence-corrected chi connectivity index (χ1v) is 9.96. The number of hydrogen-bond donors (Lipinski definition) is 2. The van der Waals surface area contributed by atoms with E-state index in [9.17, 15) is 4.79 Å². The van der Waals surface area contributed by atoms with E-state index in [1.165, 1.54) is 24.8 Å². The Labute approximate surface area is 142 Å². The first-order valence-electron chi connectivity index (χ1n) is 9.01. The van der Waals surface area contributed by atoms with Crippen molar-refractivity contribution in [2.75, 3.05) is 26.2 Å². The second-order valence-electron chi connectivity index (χ2n) is 7.47. The van der Waals surface area contributed by atoms with Gasteiger partial charge in [0.05, 0.1) is 5.92 Å². The molecule has 2 unspecified atom stereocenters. The van der Waals surface area contributed by atoms with Gasteiger partial charge in [-0.15, -0.1) is 0 Å². The van der Waals surface area contributed by atoms with Crippen molar-refractivity contribution in [3.05, 3.63) is 22.4 Å². The second-order valence-corrected chi connectivity index (χ2v) is 8.25. The normalized spacial score (nSPS) is 29.4. The fourth-order valence-corrected chi connectivity index (χ4v) is 5.11. The lowest BCUT2D eigenvalue weighted by molar-refractivity contribution is -0.138. The monoisotopic (exact) mass is 333 g/mol. The maximum absolute atomic E-state index is 13.2. The van der Waals surface area contributed by atoms with Gasteiger partial charge in [-0.2, -0.15) is 11.3 Å².